The third-order valence-electron chi connectivity index (χ3n) is 6.51. The number of aromatic nitrogens is 1. The van der Waals surface area contributed by atoms with Gasteiger partial charge in [0.15, 0.2) is 0 Å². The Morgan fingerprint density at radius 1 is 0.889 bits per heavy atom. The first-order chi connectivity index (χ1) is 17.5. The third-order valence-corrected chi connectivity index (χ3v) is 7.04. The van der Waals surface area contributed by atoms with Gasteiger partial charge in [-0.25, -0.2) is 4.39 Å². The molecular formula is C29H25BrFN3O2. The number of aromatic amines is 1. The van der Waals surface area contributed by atoms with Gasteiger partial charge in [0.1, 0.15) is 5.82 Å². The van der Waals surface area contributed by atoms with Crippen LogP contribution in [0.4, 0.5) is 4.39 Å². The molecule has 0 unspecified atom stereocenters. The van der Waals surface area contributed by atoms with Gasteiger partial charge in [0.05, 0.1) is 12.1 Å². The molecule has 0 atom stereocenters. The van der Waals surface area contributed by atoms with Gasteiger partial charge in [-0.15, -0.1) is 0 Å². The molecule has 1 saturated heterocycles. The van der Waals surface area contributed by atoms with Gasteiger partial charge in [-0.3, -0.25) is 9.59 Å². The monoisotopic (exact) mass is 545 g/mol. The number of nitrogens with one attached hydrogen (secondary N) is 1. The first kappa shape index (κ1) is 24.0. The molecule has 7 heteroatoms. The van der Waals surface area contributed by atoms with Crippen LogP contribution in [-0.4, -0.2) is 52.8 Å². The number of benzene rings is 3. The minimum atomic E-state index is -0.299. The maximum atomic E-state index is 13.5. The average molecular weight is 546 g/mol. The molecule has 5 nitrogen and oxygen atoms in total. The van der Waals surface area contributed by atoms with Gasteiger partial charge in [-0.05, 0) is 65.2 Å². The van der Waals surface area contributed by atoms with Crippen LogP contribution in [0.25, 0.3) is 28.2 Å². The van der Waals surface area contributed by atoms with Crippen molar-refractivity contribution in [2.75, 3.05) is 26.2 Å². The van der Waals surface area contributed by atoms with E-state index in [-0.39, 0.29) is 24.1 Å². The average Bonchev–Trinajstić information content (AvgIpc) is 3.27. The molecule has 4 aromatic rings. The smallest absolute Gasteiger partial charge is 0.246 e. The van der Waals surface area contributed by atoms with E-state index >= 15 is 0 Å². The number of fused-ring (bicyclic) bond motifs is 1. The van der Waals surface area contributed by atoms with Crippen LogP contribution >= 0.6 is 15.9 Å². The van der Waals surface area contributed by atoms with Crippen molar-refractivity contribution in [2.24, 2.45) is 0 Å². The lowest BCUT2D eigenvalue weighted by atomic mass is 10.0. The predicted octanol–water partition coefficient (Wildman–Crippen LogP) is 5.66. The number of piperazine rings is 1. The van der Waals surface area contributed by atoms with Crippen molar-refractivity contribution in [1.29, 1.82) is 0 Å². The zero-order valence-electron chi connectivity index (χ0n) is 19.6. The Kier molecular flexibility index (Phi) is 7.00. The molecule has 5 rings (SSSR count). The molecule has 2 heterocycles. The normalized spacial score (nSPS) is 14.1. The zero-order chi connectivity index (χ0) is 25.1. The first-order valence-electron chi connectivity index (χ1n) is 11.8. The van der Waals surface area contributed by atoms with Gasteiger partial charge in [0, 0.05) is 47.6 Å². The zero-order valence-corrected chi connectivity index (χ0v) is 21.2. The van der Waals surface area contributed by atoms with Gasteiger partial charge >= 0.3 is 0 Å². The summed E-state index contributed by atoms with van der Waals surface area (Å²) in [6.45, 7) is 1.97. The Hall–Kier alpha value is -3.71. The largest absolute Gasteiger partial charge is 0.354 e. The van der Waals surface area contributed by atoms with E-state index in [4.69, 9.17) is 0 Å². The van der Waals surface area contributed by atoms with E-state index < -0.39 is 0 Å². The molecule has 182 valence electrons. The van der Waals surface area contributed by atoms with Crippen LogP contribution in [0.1, 0.15) is 11.1 Å². The number of carbonyl (C=O) groups is 2. The van der Waals surface area contributed by atoms with Crippen molar-refractivity contribution in [3.63, 3.8) is 0 Å². The van der Waals surface area contributed by atoms with Gasteiger partial charge in [-0.2, -0.15) is 0 Å². The lowest BCUT2D eigenvalue weighted by molar-refractivity contribution is -0.136. The Morgan fingerprint density at radius 2 is 1.56 bits per heavy atom. The fourth-order valence-electron chi connectivity index (χ4n) is 4.53. The van der Waals surface area contributed by atoms with Gasteiger partial charge in [0.25, 0.3) is 0 Å². The van der Waals surface area contributed by atoms with Crippen molar-refractivity contribution in [2.45, 2.75) is 6.42 Å². The molecule has 1 fully saturated rings. The summed E-state index contributed by atoms with van der Waals surface area (Å²) in [5.41, 5.74) is 4.46. The molecule has 0 aliphatic carbocycles. The minimum Gasteiger partial charge on any atom is -0.354 e. The summed E-state index contributed by atoms with van der Waals surface area (Å²) in [6, 6.07) is 21.9. The molecule has 0 saturated carbocycles. The fraction of sp³-hybridized carbons (Fsp3) is 0.172. The highest BCUT2D eigenvalue weighted by atomic mass is 79.9. The lowest BCUT2D eigenvalue weighted by Crippen LogP contribution is -2.50. The lowest BCUT2D eigenvalue weighted by Gasteiger charge is -2.34. The topological polar surface area (TPSA) is 56.4 Å². The maximum absolute atomic E-state index is 13.5. The van der Waals surface area contributed by atoms with Crippen LogP contribution in [0.15, 0.2) is 83.3 Å². The number of rotatable bonds is 5. The Labute approximate surface area is 217 Å². The highest BCUT2D eigenvalue weighted by Crippen LogP contribution is 2.31. The summed E-state index contributed by atoms with van der Waals surface area (Å²) in [6.07, 6.45) is 3.62. The third kappa shape index (κ3) is 5.26. The number of nitrogens with zero attached hydrogens (tertiary/aromatic N) is 2. The molecule has 2 amide bonds. The number of para-hydroxylation sites is 1. The Bertz CT molecular complexity index is 1420. The second kappa shape index (κ2) is 10.5. The number of hydrogen-bond acceptors (Lipinski definition) is 2. The summed E-state index contributed by atoms with van der Waals surface area (Å²) in [7, 11) is 0. The van der Waals surface area contributed by atoms with Crippen molar-refractivity contribution in [3.8, 4) is 11.3 Å². The van der Waals surface area contributed by atoms with E-state index in [1.54, 1.807) is 29.2 Å². The van der Waals surface area contributed by atoms with Crippen LogP contribution in [0, 0.1) is 5.82 Å². The van der Waals surface area contributed by atoms with Gasteiger partial charge in [-0.1, -0.05) is 46.3 Å². The second-order valence-corrected chi connectivity index (χ2v) is 9.71. The van der Waals surface area contributed by atoms with E-state index in [0.29, 0.717) is 26.2 Å². The van der Waals surface area contributed by atoms with Crippen LogP contribution in [0.5, 0.6) is 0 Å². The quantitative estimate of drug-likeness (QED) is 0.329. The van der Waals surface area contributed by atoms with E-state index in [0.717, 1.165) is 37.8 Å². The molecule has 1 aromatic heterocycles. The summed E-state index contributed by atoms with van der Waals surface area (Å²) >= 11 is 3.41. The number of halogens is 2. The Balaban J connectivity index is 1.26. The molecule has 1 N–H and O–H groups in total. The summed E-state index contributed by atoms with van der Waals surface area (Å²) in [5.74, 6) is -0.340. The first-order valence-corrected chi connectivity index (χ1v) is 12.6. The predicted molar refractivity (Wildman–Crippen MR) is 144 cm³/mol. The molecule has 0 bridgehead atoms. The molecule has 0 spiro atoms. The molecule has 0 radical (unpaired) electrons. The number of carbonyl (C=O) groups excluding carboxylic acids is 2. The fourth-order valence-corrected chi connectivity index (χ4v) is 4.80. The van der Waals surface area contributed by atoms with Crippen molar-refractivity contribution in [3.05, 3.63) is 100 Å². The molecule has 1 aliphatic rings. The summed E-state index contributed by atoms with van der Waals surface area (Å²) in [4.78, 5) is 32.9. The maximum Gasteiger partial charge on any atom is 0.246 e. The Morgan fingerprint density at radius 3 is 2.28 bits per heavy atom. The van der Waals surface area contributed by atoms with E-state index in [1.807, 2.05) is 53.4 Å². The standard InChI is InChI=1S/C29H25BrFN3O2/c30-22-10-5-20(6-11-22)7-14-27(35)33-15-17-34(18-16-33)28(36)19-25-24-3-1-2-4-26(24)32-29(25)21-8-12-23(31)13-9-21/h1-14,32H,15-19H2/b14-7+. The summed E-state index contributed by atoms with van der Waals surface area (Å²) in [5, 5.41) is 0.983. The SMILES string of the molecule is O=C(/C=C/c1ccc(Br)cc1)N1CCN(C(=O)Cc2c(-c3ccc(F)cc3)[nH]c3ccccc23)CC1. The highest BCUT2D eigenvalue weighted by Gasteiger charge is 2.25. The van der Waals surface area contributed by atoms with E-state index in [9.17, 15) is 14.0 Å². The van der Waals surface area contributed by atoms with Crippen LogP contribution in [-0.2, 0) is 16.0 Å². The molecule has 1 aliphatic heterocycles. The minimum absolute atomic E-state index is 0.0145. The van der Waals surface area contributed by atoms with Gasteiger partial charge in [0.2, 0.25) is 11.8 Å². The highest BCUT2D eigenvalue weighted by molar-refractivity contribution is 9.10. The molecule has 36 heavy (non-hydrogen) atoms. The second-order valence-electron chi connectivity index (χ2n) is 8.80. The number of amides is 2. The number of hydrogen-bond donors (Lipinski definition) is 1. The van der Waals surface area contributed by atoms with Crippen LogP contribution in [0.2, 0.25) is 0 Å². The van der Waals surface area contributed by atoms with Crippen LogP contribution < -0.4 is 0 Å². The van der Waals surface area contributed by atoms with E-state index in [1.165, 1.54) is 12.1 Å². The van der Waals surface area contributed by atoms with E-state index in [2.05, 4.69) is 20.9 Å². The number of H-pyrrole nitrogens is 1. The molecular weight excluding hydrogens is 521 g/mol. The van der Waals surface area contributed by atoms with Crippen LogP contribution in [0.3, 0.4) is 0 Å². The van der Waals surface area contributed by atoms with Crippen molar-refractivity contribution < 1.29 is 14.0 Å². The summed E-state index contributed by atoms with van der Waals surface area (Å²) < 4.78 is 14.5. The van der Waals surface area contributed by atoms with Gasteiger partial charge < -0.3 is 14.8 Å². The molecule has 3 aromatic carbocycles. The van der Waals surface area contributed by atoms with Crippen molar-refractivity contribution >= 4 is 44.7 Å². The van der Waals surface area contributed by atoms with Crippen molar-refractivity contribution in [1.82, 2.24) is 14.8 Å².